The van der Waals surface area contributed by atoms with E-state index in [2.05, 4.69) is 39.2 Å². The van der Waals surface area contributed by atoms with Gasteiger partial charge in [0.05, 0.1) is 49.4 Å². The fourth-order valence-corrected chi connectivity index (χ4v) is 10.9. The minimum absolute atomic E-state index is 0.00730. The number of fused-ring (bicyclic) bond motifs is 4. The molecule has 5 atom stereocenters. The zero-order valence-corrected chi connectivity index (χ0v) is 31.1. The highest BCUT2D eigenvalue weighted by molar-refractivity contribution is 8.00. The molecule has 3 fully saturated rings. The van der Waals surface area contributed by atoms with Gasteiger partial charge in [0.15, 0.2) is 0 Å². The quantitative estimate of drug-likeness (QED) is 0.0967. The van der Waals surface area contributed by atoms with Gasteiger partial charge in [0, 0.05) is 64.8 Å². The first kappa shape index (κ1) is 37.1. The van der Waals surface area contributed by atoms with Gasteiger partial charge in [-0.25, -0.2) is 17.6 Å². The van der Waals surface area contributed by atoms with Gasteiger partial charge in [-0.05, 0) is 62.8 Å². The van der Waals surface area contributed by atoms with E-state index in [1.165, 1.54) is 10.4 Å². The van der Waals surface area contributed by atoms with Crippen molar-refractivity contribution in [2.75, 3.05) is 45.3 Å². The molecule has 282 valence electrons. The van der Waals surface area contributed by atoms with Crippen molar-refractivity contribution in [2.45, 2.75) is 92.2 Å². The number of hydrogen-bond acceptors (Lipinski definition) is 8. The summed E-state index contributed by atoms with van der Waals surface area (Å²) >= 11 is 1.88. The van der Waals surface area contributed by atoms with Crippen LogP contribution in [0.15, 0.2) is 47.4 Å². The number of hydrogen-bond donors (Lipinski definition) is 5. The number of halogens is 1. The molecule has 4 heterocycles. The Morgan fingerprint density at radius 3 is 2.67 bits per heavy atom. The summed E-state index contributed by atoms with van der Waals surface area (Å²) in [5.41, 5.74) is 3.49. The van der Waals surface area contributed by atoms with E-state index in [9.17, 15) is 18.0 Å². The normalized spacial score (nSPS) is 24.1. The Kier molecular flexibility index (Phi) is 11.7. The van der Waals surface area contributed by atoms with E-state index in [1.807, 2.05) is 30.0 Å². The minimum Gasteiger partial charge on any atom is -0.378 e. The van der Waals surface area contributed by atoms with Crippen LogP contribution < -0.4 is 21.3 Å². The molecular formula is C37H49FN6O6S2. The molecule has 3 aliphatic heterocycles. The van der Waals surface area contributed by atoms with Gasteiger partial charge in [0.25, 0.3) is 0 Å². The van der Waals surface area contributed by atoms with Crippen LogP contribution in [-0.4, -0.2) is 104 Å². The van der Waals surface area contributed by atoms with E-state index in [0.717, 1.165) is 72.5 Å². The third-order valence-corrected chi connectivity index (χ3v) is 13.9. The smallest absolute Gasteiger partial charge is 0.315 e. The topological polar surface area (TPSA) is 154 Å². The van der Waals surface area contributed by atoms with E-state index >= 15 is 4.39 Å². The highest BCUT2D eigenvalue weighted by Crippen LogP contribution is 2.38. The summed E-state index contributed by atoms with van der Waals surface area (Å²) in [7, 11) is -3.94. The van der Waals surface area contributed by atoms with Crippen molar-refractivity contribution in [1.29, 1.82) is 0 Å². The van der Waals surface area contributed by atoms with Crippen molar-refractivity contribution >= 4 is 44.6 Å². The Labute approximate surface area is 308 Å². The maximum absolute atomic E-state index is 15.8. The number of sulfonamides is 1. The Bertz CT molecular complexity index is 1850. The molecule has 12 nitrogen and oxygen atoms in total. The highest BCUT2D eigenvalue weighted by Gasteiger charge is 2.42. The molecule has 7 rings (SSSR count). The Balaban J connectivity index is 0.809. The van der Waals surface area contributed by atoms with E-state index in [1.54, 1.807) is 6.07 Å². The number of ether oxygens (including phenoxy) is 2. The molecule has 52 heavy (non-hydrogen) atoms. The third-order valence-electron chi connectivity index (χ3n) is 10.4. The fourth-order valence-electron chi connectivity index (χ4n) is 7.67. The van der Waals surface area contributed by atoms with Gasteiger partial charge < -0.3 is 35.7 Å². The van der Waals surface area contributed by atoms with E-state index in [4.69, 9.17) is 9.47 Å². The first-order valence-electron chi connectivity index (χ1n) is 18.5. The number of urea groups is 1. The minimum atomic E-state index is -3.94. The number of aromatic nitrogens is 1. The van der Waals surface area contributed by atoms with Gasteiger partial charge in [0.2, 0.25) is 15.9 Å². The van der Waals surface area contributed by atoms with Crippen molar-refractivity contribution in [2.24, 2.45) is 0 Å². The molecule has 4 aliphatic rings. The first-order chi connectivity index (χ1) is 25.2. The van der Waals surface area contributed by atoms with E-state index in [0.29, 0.717) is 37.0 Å². The predicted molar refractivity (Wildman–Crippen MR) is 198 cm³/mol. The molecule has 15 heteroatoms. The maximum atomic E-state index is 15.8. The number of rotatable bonds is 18. The molecular weight excluding hydrogens is 708 g/mol. The molecule has 1 aromatic heterocycles. The van der Waals surface area contributed by atoms with Crippen LogP contribution in [-0.2, 0) is 30.7 Å². The van der Waals surface area contributed by atoms with Gasteiger partial charge >= 0.3 is 6.03 Å². The number of nitrogens with zero attached hydrogens (tertiary/aromatic N) is 1. The van der Waals surface area contributed by atoms with Crippen LogP contribution in [0.5, 0.6) is 0 Å². The van der Waals surface area contributed by atoms with Gasteiger partial charge in [-0.2, -0.15) is 16.1 Å². The first-order valence-corrected chi connectivity index (χ1v) is 21.0. The van der Waals surface area contributed by atoms with Crippen molar-refractivity contribution in [3.8, 4) is 0 Å². The third kappa shape index (κ3) is 8.44. The van der Waals surface area contributed by atoms with Gasteiger partial charge in [-0.15, -0.1) is 0 Å². The number of thioether (sulfide) groups is 1. The van der Waals surface area contributed by atoms with Crippen LogP contribution in [0.25, 0.3) is 10.9 Å². The summed E-state index contributed by atoms with van der Waals surface area (Å²) in [6.45, 7) is 3.78. The average molecular weight is 757 g/mol. The number of benzene rings is 2. The summed E-state index contributed by atoms with van der Waals surface area (Å²) in [4.78, 5) is 27.1. The fraction of sp³-hybridized carbons (Fsp3) is 0.568. The SMILES string of the molecule is C[C@H]1Cc2c([nH]c3ccccc23)C(c2ccc(S(=O)(=O)N(CCOCCOCCNC(=O)CCCC[C@@H]3SC[C@@H]4NC(=O)N[C@@H]43)C3CC3)cc2F)N1. The number of carbonyl (C=O) groups excluding carboxylic acids is 2. The van der Waals surface area contributed by atoms with Gasteiger partial charge in [-0.1, -0.05) is 30.7 Å². The van der Waals surface area contributed by atoms with Crippen molar-refractivity contribution in [1.82, 2.24) is 30.6 Å². The zero-order chi connectivity index (χ0) is 36.2. The second-order valence-corrected chi connectivity index (χ2v) is 17.4. The van der Waals surface area contributed by atoms with Crippen molar-refractivity contribution < 1.29 is 31.9 Å². The Morgan fingerprint density at radius 1 is 1.06 bits per heavy atom. The lowest BCUT2D eigenvalue weighted by Gasteiger charge is -2.30. The Morgan fingerprint density at radius 2 is 1.87 bits per heavy atom. The molecule has 5 N–H and O–H groups in total. The largest absolute Gasteiger partial charge is 0.378 e. The lowest BCUT2D eigenvalue weighted by molar-refractivity contribution is -0.121. The molecule has 1 unspecified atom stereocenters. The highest BCUT2D eigenvalue weighted by atomic mass is 32.2. The standard InChI is InChI=1S/C37H49FN6O6S2/c1-23-20-28-26-6-2-3-7-30(26)41-35(28)34(40-23)27-13-12-25(21-29(27)38)52(47,48)44(24-10-11-24)15-17-50-19-18-49-16-14-39-33(45)9-5-4-8-32-36-31(22-51-32)42-37(46)43-36/h2-3,6-7,12-13,21,23-24,31-32,34,36,40-41H,4-5,8-11,14-20,22H2,1H3,(H,39,45)(H2,42,43,46)/t23-,31-,32-,34?,36-/m0/s1. The maximum Gasteiger partial charge on any atom is 0.315 e. The predicted octanol–water partition coefficient (Wildman–Crippen LogP) is 3.96. The monoisotopic (exact) mass is 756 g/mol. The molecule has 0 spiro atoms. The molecule has 3 aromatic rings. The van der Waals surface area contributed by atoms with Gasteiger partial charge in [0.1, 0.15) is 5.82 Å². The van der Waals surface area contributed by atoms with Crippen molar-refractivity contribution in [3.63, 3.8) is 0 Å². The molecule has 1 aliphatic carbocycles. The molecule has 2 saturated heterocycles. The lowest BCUT2D eigenvalue weighted by Crippen LogP contribution is -2.38. The van der Waals surface area contributed by atoms with Crippen LogP contribution >= 0.6 is 11.8 Å². The summed E-state index contributed by atoms with van der Waals surface area (Å²) < 4.78 is 55.9. The van der Waals surface area contributed by atoms with Crippen LogP contribution in [0, 0.1) is 5.82 Å². The second-order valence-electron chi connectivity index (χ2n) is 14.2. The second kappa shape index (κ2) is 16.4. The van der Waals surface area contributed by atoms with Crippen LogP contribution in [0.1, 0.15) is 68.3 Å². The van der Waals surface area contributed by atoms with E-state index in [-0.39, 0.29) is 60.8 Å². The summed E-state index contributed by atoms with van der Waals surface area (Å²) in [6, 6.07) is 12.2. The number of carbonyl (C=O) groups is 2. The molecule has 2 aromatic carbocycles. The number of nitrogens with one attached hydrogen (secondary N) is 5. The lowest BCUT2D eigenvalue weighted by atomic mass is 9.91. The summed E-state index contributed by atoms with van der Waals surface area (Å²) in [5, 5.41) is 13.9. The van der Waals surface area contributed by atoms with E-state index < -0.39 is 21.9 Å². The molecule has 0 bridgehead atoms. The van der Waals surface area contributed by atoms with Crippen molar-refractivity contribution in [3.05, 3.63) is 65.1 Å². The van der Waals surface area contributed by atoms with Crippen LogP contribution in [0.3, 0.4) is 0 Å². The number of aromatic amines is 1. The zero-order valence-electron chi connectivity index (χ0n) is 29.5. The van der Waals surface area contributed by atoms with Gasteiger partial charge in [-0.3, -0.25) is 4.79 Å². The number of para-hydroxylation sites is 1. The number of H-pyrrole nitrogens is 1. The number of amides is 3. The Hall–Kier alpha value is -3.21. The molecule has 1 saturated carbocycles. The molecule has 3 amide bonds. The average Bonchev–Trinajstić information content (AvgIpc) is 3.64. The number of unbranched alkanes of at least 4 members (excludes halogenated alkanes) is 1. The summed E-state index contributed by atoms with van der Waals surface area (Å²) in [6.07, 6.45) is 5.51. The van der Waals surface area contributed by atoms with Crippen LogP contribution in [0.4, 0.5) is 9.18 Å². The molecule has 0 radical (unpaired) electrons. The summed E-state index contributed by atoms with van der Waals surface area (Å²) in [5.74, 6) is 0.366. The van der Waals surface area contributed by atoms with Crippen LogP contribution in [0.2, 0.25) is 0 Å².